The fraction of sp³-hybridized carbons (Fsp3) is 0.917. The third-order valence-electron chi connectivity index (χ3n) is 3.52. The van der Waals surface area contributed by atoms with Gasteiger partial charge in [0.2, 0.25) is 5.91 Å². The molecule has 0 bridgehead atoms. The molecule has 1 saturated heterocycles. The zero-order chi connectivity index (χ0) is 13.8. The van der Waals surface area contributed by atoms with Crippen LogP contribution in [-0.4, -0.2) is 31.2 Å². The summed E-state index contributed by atoms with van der Waals surface area (Å²) < 4.78 is 37.3. The van der Waals surface area contributed by atoms with E-state index in [4.69, 9.17) is 0 Å². The predicted molar refractivity (Wildman–Crippen MR) is 63.0 cm³/mol. The summed E-state index contributed by atoms with van der Waals surface area (Å²) in [5.74, 6) is -1.12. The second kappa shape index (κ2) is 6.41. The highest BCUT2D eigenvalue weighted by molar-refractivity contribution is 5.81. The Bertz CT molecular complexity index is 273. The van der Waals surface area contributed by atoms with Gasteiger partial charge in [0.25, 0.3) is 0 Å². The second-order valence-corrected chi connectivity index (χ2v) is 5.04. The molecule has 1 aliphatic heterocycles. The molecular weight excluding hydrogens is 245 g/mol. The molecule has 6 heteroatoms. The molecule has 0 radical (unpaired) electrons. The normalized spacial score (nSPS) is 26.7. The molecule has 0 aromatic rings. The van der Waals surface area contributed by atoms with Crippen LogP contribution in [0.15, 0.2) is 0 Å². The van der Waals surface area contributed by atoms with Crippen LogP contribution in [0.1, 0.15) is 33.1 Å². The second-order valence-electron chi connectivity index (χ2n) is 5.04. The standard InChI is InChI=1S/C12H21F3N2O/c1-3-8(2)6-17-11(18)10-5-4-9(7-16-10)12(13,14)15/h8-10,16H,3-7H2,1-2H3,(H,17,18). The summed E-state index contributed by atoms with van der Waals surface area (Å²) in [6, 6.07) is -0.479. The molecule has 0 aromatic heterocycles. The molecule has 1 amide bonds. The Morgan fingerprint density at radius 3 is 2.56 bits per heavy atom. The molecule has 0 aliphatic carbocycles. The summed E-state index contributed by atoms with van der Waals surface area (Å²) in [6.07, 6.45) is -2.92. The van der Waals surface area contributed by atoms with E-state index in [0.29, 0.717) is 12.5 Å². The maximum absolute atomic E-state index is 12.4. The number of carbonyl (C=O) groups is 1. The van der Waals surface area contributed by atoms with Crippen molar-refractivity contribution in [2.75, 3.05) is 13.1 Å². The van der Waals surface area contributed by atoms with Gasteiger partial charge in [-0.15, -0.1) is 0 Å². The lowest BCUT2D eigenvalue weighted by Gasteiger charge is -2.30. The van der Waals surface area contributed by atoms with Gasteiger partial charge < -0.3 is 10.6 Å². The number of halogens is 3. The van der Waals surface area contributed by atoms with E-state index in [1.807, 2.05) is 13.8 Å². The number of nitrogens with one attached hydrogen (secondary N) is 2. The monoisotopic (exact) mass is 266 g/mol. The largest absolute Gasteiger partial charge is 0.393 e. The van der Waals surface area contributed by atoms with Crippen LogP contribution in [0.2, 0.25) is 0 Å². The molecule has 2 N–H and O–H groups in total. The zero-order valence-corrected chi connectivity index (χ0v) is 10.8. The lowest BCUT2D eigenvalue weighted by atomic mass is 9.94. The molecule has 3 nitrogen and oxygen atoms in total. The van der Waals surface area contributed by atoms with E-state index in [2.05, 4.69) is 10.6 Å². The Morgan fingerprint density at radius 1 is 1.44 bits per heavy atom. The van der Waals surface area contributed by atoms with Gasteiger partial charge in [-0.05, 0) is 18.8 Å². The highest BCUT2D eigenvalue weighted by Crippen LogP contribution is 2.31. The van der Waals surface area contributed by atoms with E-state index in [1.54, 1.807) is 0 Å². The van der Waals surface area contributed by atoms with Gasteiger partial charge in [-0.1, -0.05) is 20.3 Å². The van der Waals surface area contributed by atoms with Crippen LogP contribution in [0.4, 0.5) is 13.2 Å². The molecule has 106 valence electrons. The lowest BCUT2D eigenvalue weighted by molar-refractivity contribution is -0.180. The van der Waals surface area contributed by atoms with Gasteiger partial charge in [-0.2, -0.15) is 13.2 Å². The third kappa shape index (κ3) is 4.48. The van der Waals surface area contributed by atoms with Crippen molar-refractivity contribution < 1.29 is 18.0 Å². The van der Waals surface area contributed by atoms with Gasteiger partial charge in [-0.3, -0.25) is 4.79 Å². The number of piperidine rings is 1. The third-order valence-corrected chi connectivity index (χ3v) is 3.52. The molecule has 3 atom stereocenters. The van der Waals surface area contributed by atoms with Crippen molar-refractivity contribution >= 4 is 5.91 Å². The average molecular weight is 266 g/mol. The van der Waals surface area contributed by atoms with Crippen LogP contribution < -0.4 is 10.6 Å². The summed E-state index contributed by atoms with van der Waals surface area (Å²) in [5.41, 5.74) is 0. The first-order valence-corrected chi connectivity index (χ1v) is 6.42. The number of carbonyl (C=O) groups excluding carboxylic acids is 1. The summed E-state index contributed by atoms with van der Waals surface area (Å²) >= 11 is 0. The maximum Gasteiger partial charge on any atom is 0.393 e. The minimum atomic E-state index is -4.16. The van der Waals surface area contributed by atoms with E-state index in [-0.39, 0.29) is 25.3 Å². The highest BCUT2D eigenvalue weighted by atomic mass is 19.4. The van der Waals surface area contributed by atoms with Crippen molar-refractivity contribution in [3.8, 4) is 0 Å². The van der Waals surface area contributed by atoms with Crippen molar-refractivity contribution in [1.82, 2.24) is 10.6 Å². The van der Waals surface area contributed by atoms with Crippen LogP contribution in [0.5, 0.6) is 0 Å². The molecule has 0 aromatic carbocycles. The van der Waals surface area contributed by atoms with Crippen LogP contribution in [0.25, 0.3) is 0 Å². The Balaban J connectivity index is 2.32. The molecule has 1 fully saturated rings. The first-order valence-electron chi connectivity index (χ1n) is 6.42. The lowest BCUT2D eigenvalue weighted by Crippen LogP contribution is -2.51. The number of hydrogen-bond donors (Lipinski definition) is 2. The van der Waals surface area contributed by atoms with Gasteiger partial charge in [0.05, 0.1) is 12.0 Å². The van der Waals surface area contributed by atoms with Crippen molar-refractivity contribution in [1.29, 1.82) is 0 Å². The smallest absolute Gasteiger partial charge is 0.354 e. The molecule has 3 unspecified atom stereocenters. The van der Waals surface area contributed by atoms with E-state index in [0.717, 1.165) is 6.42 Å². The van der Waals surface area contributed by atoms with Crippen molar-refractivity contribution in [3.05, 3.63) is 0 Å². The molecule has 1 heterocycles. The Labute approximate surface area is 106 Å². The molecule has 0 spiro atoms. The van der Waals surface area contributed by atoms with E-state index in [9.17, 15) is 18.0 Å². The predicted octanol–water partition coefficient (Wildman–Crippen LogP) is 2.08. The SMILES string of the molecule is CCC(C)CNC(=O)C1CCC(C(F)(F)F)CN1. The van der Waals surface area contributed by atoms with E-state index < -0.39 is 18.1 Å². The molecule has 0 saturated carbocycles. The van der Waals surface area contributed by atoms with Gasteiger partial charge in [0.1, 0.15) is 0 Å². The van der Waals surface area contributed by atoms with Gasteiger partial charge in [0, 0.05) is 13.1 Å². The van der Waals surface area contributed by atoms with Crippen molar-refractivity contribution in [3.63, 3.8) is 0 Å². The highest BCUT2D eigenvalue weighted by Gasteiger charge is 2.42. The maximum atomic E-state index is 12.4. The molecule has 1 aliphatic rings. The first-order chi connectivity index (χ1) is 8.34. The number of amides is 1. The number of alkyl halides is 3. The number of rotatable bonds is 4. The molecular formula is C12H21F3N2O. The summed E-state index contributed by atoms with van der Waals surface area (Å²) in [7, 11) is 0. The Kier molecular flexibility index (Phi) is 5.44. The first kappa shape index (κ1) is 15.3. The van der Waals surface area contributed by atoms with E-state index in [1.165, 1.54) is 0 Å². The van der Waals surface area contributed by atoms with Gasteiger partial charge in [-0.25, -0.2) is 0 Å². The quantitative estimate of drug-likeness (QED) is 0.818. The van der Waals surface area contributed by atoms with Crippen LogP contribution in [0.3, 0.4) is 0 Å². The topological polar surface area (TPSA) is 41.1 Å². The fourth-order valence-electron chi connectivity index (χ4n) is 1.90. The molecule has 1 rings (SSSR count). The van der Waals surface area contributed by atoms with Crippen LogP contribution in [0, 0.1) is 11.8 Å². The minimum absolute atomic E-state index is 0.0257. The minimum Gasteiger partial charge on any atom is -0.354 e. The Hall–Kier alpha value is -0.780. The zero-order valence-electron chi connectivity index (χ0n) is 10.8. The van der Waals surface area contributed by atoms with Crippen LogP contribution in [-0.2, 0) is 4.79 Å². The number of hydrogen-bond acceptors (Lipinski definition) is 2. The molecule has 18 heavy (non-hydrogen) atoms. The van der Waals surface area contributed by atoms with Crippen molar-refractivity contribution in [2.24, 2.45) is 11.8 Å². The van der Waals surface area contributed by atoms with Gasteiger partial charge in [0.15, 0.2) is 0 Å². The average Bonchev–Trinajstić information content (AvgIpc) is 2.34. The fourth-order valence-corrected chi connectivity index (χ4v) is 1.90. The van der Waals surface area contributed by atoms with Crippen molar-refractivity contribution in [2.45, 2.75) is 45.3 Å². The van der Waals surface area contributed by atoms with E-state index >= 15 is 0 Å². The van der Waals surface area contributed by atoms with Crippen LogP contribution >= 0.6 is 0 Å². The summed E-state index contributed by atoms with van der Waals surface area (Å²) in [5, 5.41) is 5.46. The Morgan fingerprint density at radius 2 is 2.11 bits per heavy atom. The summed E-state index contributed by atoms with van der Waals surface area (Å²) in [4.78, 5) is 11.7. The van der Waals surface area contributed by atoms with Gasteiger partial charge >= 0.3 is 6.18 Å². The summed E-state index contributed by atoms with van der Waals surface area (Å²) in [6.45, 7) is 4.47.